The first kappa shape index (κ1) is 15.8. The van der Waals surface area contributed by atoms with Crippen LogP contribution in [-0.4, -0.2) is 46.9 Å². The number of amides is 1. The molecular weight excluding hydrogens is 328 g/mol. The van der Waals surface area contributed by atoms with E-state index in [0.717, 1.165) is 6.54 Å². The van der Waals surface area contributed by atoms with Gasteiger partial charge in [0.05, 0.1) is 6.42 Å². The molecule has 0 radical (unpaired) electrons. The molecule has 1 aromatic carbocycles. The summed E-state index contributed by atoms with van der Waals surface area (Å²) in [6, 6.07) is 10.2. The van der Waals surface area contributed by atoms with Gasteiger partial charge in [-0.2, -0.15) is 0 Å². The molecule has 0 bridgehead atoms. The standard InChI is InChI=1S/C21H26N2OS/c24-21(13-15-5-3-9-20-17(15)10-12-25-20)23-14-16-6-4-11-22(16)18-7-1-2-8-19(18)23/h3,5,9-10,12,16,18-19H,1-2,4,6-8,11,13-14H2/t16-,18+,19+/m0/s1. The molecule has 1 aromatic heterocycles. The fraction of sp³-hybridized carbons (Fsp3) is 0.571. The molecule has 25 heavy (non-hydrogen) atoms. The molecule has 5 rings (SSSR count). The molecule has 1 amide bonds. The van der Waals surface area contributed by atoms with E-state index in [0.29, 0.717) is 30.5 Å². The lowest BCUT2D eigenvalue weighted by molar-refractivity contribution is -0.140. The van der Waals surface area contributed by atoms with Crippen molar-refractivity contribution in [2.24, 2.45) is 0 Å². The summed E-state index contributed by atoms with van der Waals surface area (Å²) < 4.78 is 1.29. The highest BCUT2D eigenvalue weighted by Crippen LogP contribution is 2.37. The van der Waals surface area contributed by atoms with Crippen molar-refractivity contribution < 1.29 is 4.79 Å². The third kappa shape index (κ3) is 2.70. The molecule has 2 aliphatic heterocycles. The predicted molar refractivity (Wildman–Crippen MR) is 103 cm³/mol. The van der Waals surface area contributed by atoms with Crippen LogP contribution in [0.2, 0.25) is 0 Å². The minimum absolute atomic E-state index is 0.349. The topological polar surface area (TPSA) is 23.6 Å². The minimum Gasteiger partial charge on any atom is -0.336 e. The maximum absolute atomic E-state index is 13.3. The van der Waals surface area contributed by atoms with E-state index < -0.39 is 0 Å². The quantitative estimate of drug-likeness (QED) is 0.812. The SMILES string of the molecule is O=C(Cc1cccc2sccc12)N1C[C@@H]2CCCN2[C@@H]2CCCC[C@H]21. The van der Waals surface area contributed by atoms with E-state index >= 15 is 0 Å². The van der Waals surface area contributed by atoms with Crippen LogP contribution < -0.4 is 0 Å². The smallest absolute Gasteiger partial charge is 0.227 e. The van der Waals surface area contributed by atoms with Gasteiger partial charge in [-0.15, -0.1) is 11.3 Å². The van der Waals surface area contributed by atoms with Crippen molar-refractivity contribution in [1.82, 2.24) is 9.80 Å². The zero-order chi connectivity index (χ0) is 16.8. The molecule has 1 saturated carbocycles. The van der Waals surface area contributed by atoms with Gasteiger partial charge in [-0.25, -0.2) is 0 Å². The summed E-state index contributed by atoms with van der Waals surface area (Å²) in [4.78, 5) is 18.3. The lowest BCUT2D eigenvalue weighted by Gasteiger charge is -2.51. The van der Waals surface area contributed by atoms with Gasteiger partial charge in [0.2, 0.25) is 5.91 Å². The molecule has 2 saturated heterocycles. The number of carbonyl (C=O) groups is 1. The molecule has 0 unspecified atom stereocenters. The van der Waals surface area contributed by atoms with E-state index in [1.807, 2.05) is 0 Å². The van der Waals surface area contributed by atoms with Gasteiger partial charge in [0.25, 0.3) is 0 Å². The molecule has 0 N–H and O–H groups in total. The van der Waals surface area contributed by atoms with Crippen LogP contribution in [0.15, 0.2) is 29.6 Å². The van der Waals surface area contributed by atoms with Crippen LogP contribution in [0.5, 0.6) is 0 Å². The second-order valence-corrected chi connectivity index (χ2v) is 8.87. The van der Waals surface area contributed by atoms with Crippen LogP contribution in [0.1, 0.15) is 44.1 Å². The van der Waals surface area contributed by atoms with Crippen molar-refractivity contribution in [1.29, 1.82) is 0 Å². The van der Waals surface area contributed by atoms with Gasteiger partial charge in [-0.05, 0) is 60.7 Å². The van der Waals surface area contributed by atoms with Gasteiger partial charge in [0.15, 0.2) is 0 Å². The highest BCUT2D eigenvalue weighted by molar-refractivity contribution is 7.17. The van der Waals surface area contributed by atoms with E-state index in [1.54, 1.807) is 11.3 Å². The summed E-state index contributed by atoms with van der Waals surface area (Å²) in [7, 11) is 0. The van der Waals surface area contributed by atoms with Gasteiger partial charge in [0, 0.05) is 29.4 Å². The fourth-order valence-electron chi connectivity index (χ4n) is 5.46. The molecule has 3 heterocycles. The van der Waals surface area contributed by atoms with E-state index in [9.17, 15) is 4.79 Å². The Balaban J connectivity index is 1.41. The zero-order valence-corrected chi connectivity index (χ0v) is 15.5. The Kier molecular flexibility index (Phi) is 4.05. The molecule has 0 spiro atoms. The lowest BCUT2D eigenvalue weighted by Crippen LogP contribution is -2.64. The monoisotopic (exact) mass is 354 g/mol. The molecule has 3 nitrogen and oxygen atoms in total. The third-order valence-corrected chi connectivity index (χ3v) is 7.48. The van der Waals surface area contributed by atoms with Crippen LogP contribution >= 0.6 is 11.3 Å². The zero-order valence-electron chi connectivity index (χ0n) is 14.7. The minimum atomic E-state index is 0.349. The van der Waals surface area contributed by atoms with Gasteiger partial charge in [-0.1, -0.05) is 25.0 Å². The molecule has 132 valence electrons. The summed E-state index contributed by atoms with van der Waals surface area (Å²) >= 11 is 1.76. The molecular formula is C21H26N2OS. The average Bonchev–Trinajstić information content (AvgIpc) is 3.30. The molecule has 3 aliphatic rings. The van der Waals surface area contributed by atoms with Crippen molar-refractivity contribution in [2.75, 3.05) is 13.1 Å². The van der Waals surface area contributed by atoms with Gasteiger partial charge < -0.3 is 4.90 Å². The number of hydrogen-bond donors (Lipinski definition) is 0. The van der Waals surface area contributed by atoms with E-state index in [1.165, 1.54) is 60.7 Å². The van der Waals surface area contributed by atoms with Crippen molar-refractivity contribution >= 4 is 27.3 Å². The lowest BCUT2D eigenvalue weighted by atomic mass is 9.85. The first-order valence-electron chi connectivity index (χ1n) is 9.81. The van der Waals surface area contributed by atoms with Gasteiger partial charge >= 0.3 is 0 Å². The molecule has 3 fully saturated rings. The van der Waals surface area contributed by atoms with Crippen molar-refractivity contribution in [3.8, 4) is 0 Å². The van der Waals surface area contributed by atoms with Crippen LogP contribution in [0.25, 0.3) is 10.1 Å². The number of thiophene rings is 1. The number of nitrogens with zero attached hydrogens (tertiary/aromatic N) is 2. The Morgan fingerprint density at radius 3 is 2.88 bits per heavy atom. The van der Waals surface area contributed by atoms with Crippen LogP contribution in [-0.2, 0) is 11.2 Å². The predicted octanol–water partition coefficient (Wildman–Crippen LogP) is 4.06. The summed E-state index contributed by atoms with van der Waals surface area (Å²) in [6.45, 7) is 2.21. The summed E-state index contributed by atoms with van der Waals surface area (Å²) in [5.41, 5.74) is 1.20. The number of fused-ring (bicyclic) bond motifs is 4. The second kappa shape index (κ2) is 6.40. The maximum atomic E-state index is 13.3. The Hall–Kier alpha value is -1.39. The number of hydrogen-bond acceptors (Lipinski definition) is 3. The Labute approximate surface area is 153 Å². The maximum Gasteiger partial charge on any atom is 0.227 e. The number of piperazine rings is 1. The van der Waals surface area contributed by atoms with E-state index in [4.69, 9.17) is 0 Å². The number of rotatable bonds is 2. The second-order valence-electron chi connectivity index (χ2n) is 7.93. The average molecular weight is 355 g/mol. The fourth-order valence-corrected chi connectivity index (χ4v) is 6.29. The first-order chi connectivity index (χ1) is 12.3. The highest BCUT2D eigenvalue weighted by atomic mass is 32.1. The Bertz CT molecular complexity index is 785. The highest BCUT2D eigenvalue weighted by Gasteiger charge is 2.45. The summed E-state index contributed by atoms with van der Waals surface area (Å²) in [6.07, 6.45) is 8.23. The first-order valence-corrected chi connectivity index (χ1v) is 10.7. The van der Waals surface area contributed by atoms with Crippen molar-refractivity contribution in [2.45, 2.75) is 63.1 Å². The van der Waals surface area contributed by atoms with Crippen LogP contribution in [0.3, 0.4) is 0 Å². The Morgan fingerprint density at radius 2 is 1.96 bits per heavy atom. The Morgan fingerprint density at radius 1 is 1.08 bits per heavy atom. The van der Waals surface area contributed by atoms with Crippen LogP contribution in [0, 0.1) is 0 Å². The van der Waals surface area contributed by atoms with Crippen molar-refractivity contribution in [3.63, 3.8) is 0 Å². The normalized spacial score (nSPS) is 29.6. The number of benzene rings is 1. The van der Waals surface area contributed by atoms with Gasteiger partial charge in [-0.3, -0.25) is 9.69 Å². The van der Waals surface area contributed by atoms with E-state index in [2.05, 4.69) is 39.4 Å². The summed E-state index contributed by atoms with van der Waals surface area (Å²) in [5, 5.41) is 3.40. The third-order valence-electron chi connectivity index (χ3n) is 6.60. The summed E-state index contributed by atoms with van der Waals surface area (Å²) in [5.74, 6) is 0.349. The number of carbonyl (C=O) groups excluding carboxylic acids is 1. The van der Waals surface area contributed by atoms with Crippen LogP contribution in [0.4, 0.5) is 0 Å². The molecule has 4 heteroatoms. The van der Waals surface area contributed by atoms with Gasteiger partial charge in [0.1, 0.15) is 0 Å². The van der Waals surface area contributed by atoms with E-state index in [-0.39, 0.29) is 0 Å². The van der Waals surface area contributed by atoms with Crippen molar-refractivity contribution in [3.05, 3.63) is 35.2 Å². The molecule has 2 aromatic rings. The largest absolute Gasteiger partial charge is 0.336 e. The molecule has 1 aliphatic carbocycles. The molecule has 3 atom stereocenters.